The molecule has 0 spiro atoms. The van der Waals surface area contributed by atoms with Crippen LogP contribution in [0.3, 0.4) is 0 Å². The second-order valence-corrected chi connectivity index (χ2v) is 8.08. The monoisotopic (exact) mass is 505 g/mol. The summed E-state index contributed by atoms with van der Waals surface area (Å²) in [5.41, 5.74) is 3.79. The fourth-order valence-corrected chi connectivity index (χ4v) is 3.91. The highest BCUT2D eigenvalue weighted by Crippen LogP contribution is 2.32. The molecule has 0 atom stereocenters. The summed E-state index contributed by atoms with van der Waals surface area (Å²) in [6, 6.07) is 6.49. The predicted molar refractivity (Wildman–Crippen MR) is 135 cm³/mol. The number of nitrogens with zero attached hydrogens (tertiary/aromatic N) is 7. The van der Waals surface area contributed by atoms with Crippen molar-refractivity contribution in [2.75, 3.05) is 18.4 Å². The van der Waals surface area contributed by atoms with Crippen LogP contribution in [0.15, 0.2) is 55.4 Å². The first-order valence-corrected chi connectivity index (χ1v) is 11.1. The van der Waals surface area contributed by atoms with E-state index >= 15 is 4.39 Å². The van der Waals surface area contributed by atoms with Gasteiger partial charge in [-0.1, -0.05) is 6.08 Å². The fraction of sp³-hybridized carbons (Fsp3) is 0.167. The Morgan fingerprint density at radius 3 is 2.89 bits per heavy atom. The summed E-state index contributed by atoms with van der Waals surface area (Å²) in [5.74, 6) is 1.47. The molecule has 4 aromatic heterocycles. The van der Waals surface area contributed by atoms with Gasteiger partial charge in [-0.15, -0.1) is 12.4 Å². The van der Waals surface area contributed by atoms with Gasteiger partial charge in [0.2, 0.25) is 0 Å². The molecule has 0 saturated carbocycles. The highest BCUT2D eigenvalue weighted by atomic mass is 35.5. The number of hydrogen-bond acceptors (Lipinski definition) is 9. The number of benzene rings is 1. The smallest absolute Gasteiger partial charge is 0.160 e. The van der Waals surface area contributed by atoms with E-state index in [0.29, 0.717) is 39.8 Å². The number of hydrogen-bond donors (Lipinski definition) is 2. The Morgan fingerprint density at radius 2 is 2.03 bits per heavy atom. The maximum atomic E-state index is 15.1. The van der Waals surface area contributed by atoms with Crippen molar-refractivity contribution in [2.24, 2.45) is 0 Å². The lowest BCUT2D eigenvalue weighted by Crippen LogP contribution is -2.20. The van der Waals surface area contributed by atoms with Gasteiger partial charge in [0.05, 0.1) is 11.9 Å². The molecule has 0 saturated heterocycles. The molecule has 1 aromatic carbocycles. The van der Waals surface area contributed by atoms with Gasteiger partial charge in [0.25, 0.3) is 0 Å². The molecule has 1 aliphatic rings. The molecule has 5 heterocycles. The second kappa shape index (κ2) is 9.80. The van der Waals surface area contributed by atoms with E-state index in [4.69, 9.17) is 4.74 Å². The normalized spacial score (nSPS) is 13.3. The summed E-state index contributed by atoms with van der Waals surface area (Å²) in [5, 5.41) is 10.4. The minimum absolute atomic E-state index is 0. The second-order valence-electron chi connectivity index (χ2n) is 8.08. The fourth-order valence-electron chi connectivity index (χ4n) is 3.91. The van der Waals surface area contributed by atoms with Crippen molar-refractivity contribution in [1.29, 1.82) is 0 Å². The minimum atomic E-state index is -0.490. The Labute approximate surface area is 211 Å². The van der Waals surface area contributed by atoms with Crippen molar-refractivity contribution < 1.29 is 9.13 Å². The van der Waals surface area contributed by atoms with E-state index in [0.717, 1.165) is 30.6 Å². The third-order valence-corrected chi connectivity index (χ3v) is 5.73. The highest BCUT2D eigenvalue weighted by molar-refractivity contribution is 5.87. The number of rotatable bonds is 5. The van der Waals surface area contributed by atoms with Crippen molar-refractivity contribution in [3.8, 4) is 11.5 Å². The number of pyridine rings is 1. The molecule has 0 aliphatic carbocycles. The molecule has 6 rings (SSSR count). The van der Waals surface area contributed by atoms with Crippen LogP contribution in [-0.4, -0.2) is 47.6 Å². The summed E-state index contributed by atoms with van der Waals surface area (Å²) < 4.78 is 22.7. The largest absolute Gasteiger partial charge is 0.457 e. The Morgan fingerprint density at radius 1 is 1.11 bits per heavy atom. The first-order chi connectivity index (χ1) is 17.1. The molecular weight excluding hydrogens is 485 g/mol. The number of ether oxygens (including phenoxy) is 1. The Kier molecular flexibility index (Phi) is 6.40. The highest BCUT2D eigenvalue weighted by Gasteiger charge is 2.15. The van der Waals surface area contributed by atoms with Crippen LogP contribution in [0.4, 0.5) is 15.9 Å². The topological polar surface area (TPSA) is 115 Å². The average Bonchev–Trinajstić information content (AvgIpc) is 3.35. The standard InChI is InChI=1S/C24H20FN9O.ClH/c1-14-8-18(17(25)10-20(14)35-16-4-7-34-21(9-16)29-13-31-34)32-24-22-19(28-12-30-24)11-27-23(33-22)15-2-5-26-6-3-15;/h2,4,7-13,26H,3,5-6H2,1H3,(H,28,30,32);1H. The van der Waals surface area contributed by atoms with E-state index in [9.17, 15) is 0 Å². The maximum Gasteiger partial charge on any atom is 0.160 e. The molecule has 0 amide bonds. The van der Waals surface area contributed by atoms with Crippen molar-refractivity contribution in [1.82, 2.24) is 39.9 Å². The van der Waals surface area contributed by atoms with Crippen LogP contribution in [-0.2, 0) is 0 Å². The summed E-state index contributed by atoms with van der Waals surface area (Å²) in [7, 11) is 0. The predicted octanol–water partition coefficient (Wildman–Crippen LogP) is 4.24. The molecule has 0 radical (unpaired) electrons. The van der Waals surface area contributed by atoms with E-state index in [1.807, 2.05) is 6.92 Å². The zero-order chi connectivity index (χ0) is 23.8. The molecule has 2 N–H and O–H groups in total. The zero-order valence-corrected chi connectivity index (χ0v) is 20.0. The summed E-state index contributed by atoms with van der Waals surface area (Å²) in [4.78, 5) is 21.9. The Balaban J connectivity index is 0.00000267. The van der Waals surface area contributed by atoms with Gasteiger partial charge in [0.1, 0.15) is 41.0 Å². The lowest BCUT2D eigenvalue weighted by Gasteiger charge is -2.15. The van der Waals surface area contributed by atoms with Gasteiger partial charge in [-0.25, -0.2) is 33.8 Å². The van der Waals surface area contributed by atoms with Crippen LogP contribution in [0.2, 0.25) is 0 Å². The Bertz CT molecular complexity index is 1600. The zero-order valence-electron chi connectivity index (χ0n) is 19.1. The van der Waals surface area contributed by atoms with E-state index in [2.05, 4.69) is 46.7 Å². The first kappa shape index (κ1) is 23.5. The lowest BCUT2D eigenvalue weighted by atomic mass is 10.1. The van der Waals surface area contributed by atoms with Crippen molar-refractivity contribution in [3.05, 3.63) is 72.6 Å². The molecule has 10 nitrogen and oxygen atoms in total. The lowest BCUT2D eigenvalue weighted by molar-refractivity contribution is 0.473. The molecule has 0 fully saturated rings. The number of aromatic nitrogens is 7. The third kappa shape index (κ3) is 4.53. The quantitative estimate of drug-likeness (QED) is 0.361. The molecule has 1 aliphatic heterocycles. The number of anilines is 2. The van der Waals surface area contributed by atoms with E-state index < -0.39 is 5.82 Å². The average molecular weight is 506 g/mol. The van der Waals surface area contributed by atoms with Gasteiger partial charge in [-0.05, 0) is 43.2 Å². The molecular formula is C24H21ClFN9O. The Hall–Kier alpha value is -4.22. The molecule has 5 aromatic rings. The van der Waals surface area contributed by atoms with Crippen LogP contribution in [0.5, 0.6) is 11.5 Å². The maximum absolute atomic E-state index is 15.1. The van der Waals surface area contributed by atoms with Gasteiger partial charge in [0, 0.05) is 24.9 Å². The summed E-state index contributed by atoms with van der Waals surface area (Å²) in [6.45, 7) is 3.49. The van der Waals surface area contributed by atoms with Crippen LogP contribution < -0.4 is 15.4 Å². The van der Waals surface area contributed by atoms with Gasteiger partial charge >= 0.3 is 0 Å². The van der Waals surface area contributed by atoms with E-state index in [1.165, 1.54) is 18.7 Å². The summed E-state index contributed by atoms with van der Waals surface area (Å²) >= 11 is 0. The molecule has 182 valence electrons. The van der Waals surface area contributed by atoms with Crippen LogP contribution >= 0.6 is 12.4 Å². The van der Waals surface area contributed by atoms with Crippen LogP contribution in [0.25, 0.3) is 22.3 Å². The van der Waals surface area contributed by atoms with Gasteiger partial charge in [-0.3, -0.25) is 0 Å². The van der Waals surface area contributed by atoms with Crippen molar-refractivity contribution in [3.63, 3.8) is 0 Å². The summed E-state index contributed by atoms with van der Waals surface area (Å²) in [6.07, 6.45) is 9.16. The molecule has 0 unspecified atom stereocenters. The molecule has 0 bridgehead atoms. The van der Waals surface area contributed by atoms with Gasteiger partial charge in [0.15, 0.2) is 17.3 Å². The number of fused-ring (bicyclic) bond motifs is 2. The van der Waals surface area contributed by atoms with Gasteiger partial charge < -0.3 is 15.4 Å². The first-order valence-electron chi connectivity index (χ1n) is 11.1. The van der Waals surface area contributed by atoms with Crippen LogP contribution in [0.1, 0.15) is 17.8 Å². The number of aryl methyl sites for hydroxylation is 1. The number of halogens is 2. The molecule has 12 heteroatoms. The molecule has 36 heavy (non-hydrogen) atoms. The third-order valence-electron chi connectivity index (χ3n) is 5.73. The number of nitrogens with one attached hydrogen (secondary N) is 2. The van der Waals surface area contributed by atoms with E-state index in [1.54, 1.807) is 35.1 Å². The van der Waals surface area contributed by atoms with E-state index in [-0.39, 0.29) is 18.1 Å². The SMILES string of the molecule is Cc1cc(Nc2ncnc3cnc(C4=CCNCC4)nc23)c(F)cc1Oc1ccn2ncnc2c1.Cl. The minimum Gasteiger partial charge on any atom is -0.457 e. The van der Waals surface area contributed by atoms with Crippen molar-refractivity contribution >= 4 is 46.2 Å². The van der Waals surface area contributed by atoms with Crippen molar-refractivity contribution in [2.45, 2.75) is 13.3 Å². The van der Waals surface area contributed by atoms with Crippen LogP contribution in [0, 0.1) is 12.7 Å². The van der Waals surface area contributed by atoms with Gasteiger partial charge in [-0.2, -0.15) is 5.10 Å².